The van der Waals surface area contributed by atoms with Crippen LogP contribution in [0.15, 0.2) is 85.2 Å². The number of rotatable bonds is 18. The van der Waals surface area contributed by atoms with Gasteiger partial charge in [0.2, 0.25) is 17.7 Å². The van der Waals surface area contributed by atoms with E-state index in [-0.39, 0.29) is 47.3 Å². The van der Waals surface area contributed by atoms with E-state index >= 15 is 0 Å². The van der Waals surface area contributed by atoms with E-state index < -0.39 is 23.4 Å². The fourth-order valence-electron chi connectivity index (χ4n) is 8.99. The van der Waals surface area contributed by atoms with E-state index in [2.05, 4.69) is 54.8 Å². The maximum Gasteiger partial charge on any atom is 0.251 e. The Balaban J connectivity index is 0.883. The van der Waals surface area contributed by atoms with Crippen LogP contribution >= 0.6 is 11.6 Å². The van der Waals surface area contributed by atoms with Gasteiger partial charge in [0.25, 0.3) is 5.91 Å². The number of unbranched alkanes of at least 4 members (excludes halogenated alkanes) is 1. The average Bonchev–Trinajstić information content (AvgIpc) is 3.99. The molecule has 2 fully saturated rings. The number of benzene rings is 3. The van der Waals surface area contributed by atoms with Gasteiger partial charge in [0.05, 0.1) is 22.9 Å². The first-order valence-electron chi connectivity index (χ1n) is 21.8. The van der Waals surface area contributed by atoms with Gasteiger partial charge in [0, 0.05) is 60.6 Å². The zero-order valence-electron chi connectivity index (χ0n) is 37.8. The second kappa shape index (κ2) is 20.3. The molecule has 4 aromatic rings. The second-order valence-electron chi connectivity index (χ2n) is 18.8. The molecule has 1 aliphatic carbocycles. The van der Waals surface area contributed by atoms with E-state index in [9.17, 15) is 24.4 Å². The zero-order chi connectivity index (χ0) is 46.2. The van der Waals surface area contributed by atoms with Crippen LogP contribution in [-0.2, 0) is 25.7 Å². The lowest BCUT2D eigenvalue weighted by molar-refractivity contribution is -0.164. The van der Waals surface area contributed by atoms with Gasteiger partial charge in [-0.3, -0.25) is 19.2 Å². The SMILES string of the molecule is CC1(C)C(NC(=O)c2ccc(OCCCCOCC(=O)N[C@H](C(=O)N3CCC[C@H]3C(=O)NCc3ccc(-n4cccn4)cc3)C(C)(C)C)cc2)C(C)(C)C1Oc1ccc(C#N)c(Cl)c1. The van der Waals surface area contributed by atoms with Gasteiger partial charge >= 0.3 is 0 Å². The summed E-state index contributed by atoms with van der Waals surface area (Å²) in [6.45, 7) is 15.2. The van der Waals surface area contributed by atoms with Crippen molar-refractivity contribution in [1.29, 1.82) is 5.26 Å². The number of halogens is 1. The number of nitriles is 1. The maximum atomic E-state index is 13.9. The van der Waals surface area contributed by atoms with Crippen LogP contribution in [0.3, 0.4) is 0 Å². The number of carbonyl (C=O) groups excluding carboxylic acids is 4. The molecule has 2 aliphatic rings. The molecule has 3 N–H and O–H groups in total. The molecular formula is C49H60ClN7O7. The molecule has 64 heavy (non-hydrogen) atoms. The largest absolute Gasteiger partial charge is 0.494 e. The Morgan fingerprint density at radius 3 is 2.28 bits per heavy atom. The third kappa shape index (κ3) is 11.2. The minimum atomic E-state index is -0.844. The smallest absolute Gasteiger partial charge is 0.251 e. The summed E-state index contributed by atoms with van der Waals surface area (Å²) in [5.41, 5.74) is 1.34. The van der Waals surface area contributed by atoms with Crippen LogP contribution in [0.1, 0.15) is 95.6 Å². The zero-order valence-corrected chi connectivity index (χ0v) is 38.5. The number of nitrogens with one attached hydrogen (secondary N) is 3. The Kier molecular flexibility index (Phi) is 15.1. The highest BCUT2D eigenvalue weighted by Crippen LogP contribution is 2.55. The Morgan fingerprint density at radius 2 is 1.64 bits per heavy atom. The Bertz CT molecular complexity index is 2280. The van der Waals surface area contributed by atoms with Crippen molar-refractivity contribution in [1.82, 2.24) is 30.6 Å². The third-order valence-corrected chi connectivity index (χ3v) is 12.5. The monoisotopic (exact) mass is 893 g/mol. The fourth-order valence-corrected chi connectivity index (χ4v) is 9.20. The average molecular weight is 895 g/mol. The molecule has 2 heterocycles. The number of carbonyl (C=O) groups is 4. The molecule has 2 atom stereocenters. The lowest BCUT2D eigenvalue weighted by Gasteiger charge is -2.63. The van der Waals surface area contributed by atoms with Crippen LogP contribution in [0.4, 0.5) is 0 Å². The Labute approximate surface area is 381 Å². The van der Waals surface area contributed by atoms with Crippen LogP contribution in [0.25, 0.3) is 5.69 Å². The predicted octanol–water partition coefficient (Wildman–Crippen LogP) is 7.02. The van der Waals surface area contributed by atoms with Gasteiger partial charge in [0.15, 0.2) is 0 Å². The molecule has 6 rings (SSSR count). The first-order valence-corrected chi connectivity index (χ1v) is 22.2. The molecule has 1 aliphatic heterocycles. The van der Waals surface area contributed by atoms with Crippen molar-refractivity contribution in [3.05, 3.63) is 107 Å². The van der Waals surface area contributed by atoms with Gasteiger partial charge in [-0.15, -0.1) is 0 Å². The molecule has 1 saturated heterocycles. The summed E-state index contributed by atoms with van der Waals surface area (Å²) in [4.78, 5) is 55.2. The van der Waals surface area contributed by atoms with E-state index in [0.29, 0.717) is 79.6 Å². The van der Waals surface area contributed by atoms with Crippen molar-refractivity contribution in [3.8, 4) is 23.3 Å². The number of hydrogen-bond acceptors (Lipinski definition) is 9. The minimum absolute atomic E-state index is 0.170. The highest BCUT2D eigenvalue weighted by Gasteiger charge is 2.64. The molecule has 14 nitrogen and oxygen atoms in total. The van der Waals surface area contributed by atoms with Crippen LogP contribution in [0.5, 0.6) is 11.5 Å². The number of amides is 4. The minimum Gasteiger partial charge on any atom is -0.494 e. The summed E-state index contributed by atoms with van der Waals surface area (Å²) in [6.07, 6.45) is 5.92. The number of aromatic nitrogens is 2. The molecule has 0 spiro atoms. The lowest BCUT2D eigenvalue weighted by atomic mass is 9.49. The summed E-state index contributed by atoms with van der Waals surface area (Å²) < 4.78 is 19.7. The van der Waals surface area contributed by atoms with Crippen LogP contribution in [0.2, 0.25) is 5.02 Å². The van der Waals surface area contributed by atoms with E-state index in [1.807, 2.05) is 57.3 Å². The summed E-state index contributed by atoms with van der Waals surface area (Å²) in [7, 11) is 0. The summed E-state index contributed by atoms with van der Waals surface area (Å²) >= 11 is 6.23. The fraction of sp³-hybridized carbons (Fsp3) is 0.469. The third-order valence-electron chi connectivity index (χ3n) is 12.2. The number of hydrogen-bond donors (Lipinski definition) is 3. The molecule has 1 saturated carbocycles. The van der Waals surface area contributed by atoms with Crippen LogP contribution < -0.4 is 25.4 Å². The molecular weight excluding hydrogens is 834 g/mol. The molecule has 3 aromatic carbocycles. The molecule has 0 unspecified atom stereocenters. The van der Waals surface area contributed by atoms with Crippen LogP contribution in [0, 0.1) is 27.6 Å². The van der Waals surface area contributed by atoms with Crippen molar-refractivity contribution in [2.24, 2.45) is 16.2 Å². The van der Waals surface area contributed by atoms with Crippen molar-refractivity contribution in [2.45, 2.75) is 105 Å². The van der Waals surface area contributed by atoms with Gasteiger partial charge < -0.3 is 35.1 Å². The van der Waals surface area contributed by atoms with E-state index in [4.69, 9.17) is 25.8 Å². The Hall–Kier alpha value is -5.91. The molecule has 0 bridgehead atoms. The van der Waals surface area contributed by atoms with Crippen molar-refractivity contribution in [3.63, 3.8) is 0 Å². The summed E-state index contributed by atoms with van der Waals surface area (Å²) in [5.74, 6) is 0.0952. The van der Waals surface area contributed by atoms with Gasteiger partial charge in [-0.25, -0.2) is 4.68 Å². The van der Waals surface area contributed by atoms with Crippen LogP contribution in [-0.4, -0.2) is 88.9 Å². The molecule has 15 heteroatoms. The van der Waals surface area contributed by atoms with E-state index in [1.54, 1.807) is 58.2 Å². The molecule has 340 valence electrons. The standard InChI is InChI=1S/C49H60ClN7O7/c1-47(2,3)41(44(61)56-24-10-12-39(56)43(60)52-30-32-13-18-35(19-14-32)57-25-11-23-53-57)54-40(58)31-62-26-8-9-27-63-36-20-15-33(16-21-36)42(59)55-45-48(4,5)46(49(45,6)7)64-37-22-17-34(29-51)38(50)28-37/h11,13-23,25,28,39,41,45-46H,8-10,12,24,26-27,30-31H2,1-7H3,(H,52,60)(H,54,58)(H,55,59)/t39-,41+,45?,46?/m0/s1. The first kappa shape index (κ1) is 47.6. The normalized spacial score (nSPS) is 19.1. The topological polar surface area (TPSA) is 177 Å². The van der Waals surface area contributed by atoms with Gasteiger partial charge in [-0.2, -0.15) is 10.4 Å². The lowest BCUT2D eigenvalue weighted by Crippen LogP contribution is -2.74. The van der Waals surface area contributed by atoms with Gasteiger partial charge in [0.1, 0.15) is 42.4 Å². The molecule has 4 amide bonds. The van der Waals surface area contributed by atoms with E-state index in [1.165, 1.54) is 0 Å². The highest BCUT2D eigenvalue weighted by atomic mass is 35.5. The van der Waals surface area contributed by atoms with Gasteiger partial charge in [-0.05, 0) is 91.3 Å². The summed E-state index contributed by atoms with van der Waals surface area (Å²) in [5, 5.41) is 22.8. The maximum absolute atomic E-state index is 13.9. The first-order chi connectivity index (χ1) is 30.4. The van der Waals surface area contributed by atoms with Gasteiger partial charge in [-0.1, -0.05) is 72.2 Å². The van der Waals surface area contributed by atoms with Crippen molar-refractivity contribution >= 4 is 35.2 Å². The van der Waals surface area contributed by atoms with E-state index in [0.717, 1.165) is 11.3 Å². The number of ether oxygens (including phenoxy) is 3. The highest BCUT2D eigenvalue weighted by molar-refractivity contribution is 6.31. The number of nitrogens with zero attached hydrogens (tertiary/aromatic N) is 4. The summed E-state index contributed by atoms with van der Waals surface area (Å²) in [6, 6.07) is 22.0. The quantitative estimate of drug-likeness (QED) is 0.0886. The predicted molar refractivity (Wildman–Crippen MR) is 243 cm³/mol. The number of likely N-dealkylation sites (tertiary alicyclic amines) is 1. The second-order valence-corrected chi connectivity index (χ2v) is 19.2. The van der Waals surface area contributed by atoms with Crippen molar-refractivity contribution < 1.29 is 33.4 Å². The molecule has 1 aromatic heterocycles. The molecule has 0 radical (unpaired) electrons. The van der Waals surface area contributed by atoms with Crippen molar-refractivity contribution in [2.75, 3.05) is 26.4 Å². The Morgan fingerprint density at radius 1 is 0.953 bits per heavy atom.